The molecule has 0 spiro atoms. The van der Waals surface area contributed by atoms with Gasteiger partial charge in [-0.25, -0.2) is 8.42 Å². The summed E-state index contributed by atoms with van der Waals surface area (Å²) in [6.45, 7) is -0.583. The quantitative estimate of drug-likeness (QED) is 0.154. The predicted octanol–water partition coefficient (Wildman–Crippen LogP) is 6.26. The Morgan fingerprint density at radius 2 is 1.50 bits per heavy atom. The minimum atomic E-state index is -4.37. The molecule has 0 radical (unpaired) electrons. The molecule has 2 amide bonds. The number of rotatable bonds is 15. The molecule has 1 atom stereocenters. The second-order valence-electron chi connectivity index (χ2n) is 12.1. The van der Waals surface area contributed by atoms with Crippen molar-refractivity contribution in [1.82, 2.24) is 10.2 Å². The second kappa shape index (κ2) is 16.8. The largest absolute Gasteiger partial charge is 0.497 e. The molecule has 1 aliphatic carbocycles. The Hall–Kier alpha value is -4.74. The summed E-state index contributed by atoms with van der Waals surface area (Å²) in [5.74, 6) is 0.278. The highest BCUT2D eigenvalue weighted by atomic mass is 35.5. The number of nitrogens with zero attached hydrogens (tertiary/aromatic N) is 2. The van der Waals surface area contributed by atoms with Gasteiger partial charge in [-0.3, -0.25) is 13.9 Å². The number of carbonyl (C=O) groups excluding carboxylic acids is 2. The molecule has 0 heterocycles. The number of methoxy groups -OCH3 is 3. The summed E-state index contributed by atoms with van der Waals surface area (Å²) in [4.78, 5) is 30.3. The van der Waals surface area contributed by atoms with Crippen LogP contribution < -0.4 is 23.8 Å². The van der Waals surface area contributed by atoms with Crippen LogP contribution in [0.3, 0.4) is 0 Å². The summed E-state index contributed by atoms with van der Waals surface area (Å²) < 4.78 is 46.1. The van der Waals surface area contributed by atoms with Crippen LogP contribution in [0, 0.1) is 0 Å². The molecule has 50 heavy (non-hydrogen) atoms. The van der Waals surface area contributed by atoms with Crippen LogP contribution >= 0.6 is 11.6 Å². The van der Waals surface area contributed by atoms with Gasteiger partial charge in [0.15, 0.2) is 11.5 Å². The summed E-state index contributed by atoms with van der Waals surface area (Å²) in [5.41, 5.74) is 1.79. The molecule has 1 saturated carbocycles. The van der Waals surface area contributed by atoms with Gasteiger partial charge in [-0.2, -0.15) is 0 Å². The Kier molecular flexibility index (Phi) is 12.3. The lowest BCUT2D eigenvalue weighted by molar-refractivity contribution is -0.140. The van der Waals surface area contributed by atoms with Crippen molar-refractivity contribution in [2.45, 2.75) is 55.6 Å². The molecular formula is C38H42ClN3O7S. The van der Waals surface area contributed by atoms with Crippen molar-refractivity contribution in [3.05, 3.63) is 113 Å². The van der Waals surface area contributed by atoms with Gasteiger partial charge in [-0.15, -0.1) is 0 Å². The molecule has 0 aliphatic heterocycles. The van der Waals surface area contributed by atoms with Crippen LogP contribution in [0.15, 0.2) is 102 Å². The van der Waals surface area contributed by atoms with Gasteiger partial charge in [-0.05, 0) is 72.5 Å². The van der Waals surface area contributed by atoms with E-state index in [4.69, 9.17) is 25.8 Å². The number of benzene rings is 4. The van der Waals surface area contributed by atoms with Crippen molar-refractivity contribution in [3.8, 4) is 17.2 Å². The van der Waals surface area contributed by atoms with E-state index in [2.05, 4.69) is 5.32 Å². The Bertz CT molecular complexity index is 1870. The van der Waals surface area contributed by atoms with Gasteiger partial charge in [0.05, 0.1) is 31.9 Å². The SMILES string of the molecule is COc1cccc(CN(C(=O)CN(c2ccc(Cl)cc2)S(=O)(=O)c2ccc(OC)c(OC)c2)[C@@H](Cc2ccccc2)C(=O)NC2CCCC2)c1. The Morgan fingerprint density at radius 3 is 2.16 bits per heavy atom. The van der Waals surface area contributed by atoms with Crippen LogP contribution in [-0.2, 0) is 32.6 Å². The van der Waals surface area contributed by atoms with E-state index < -0.39 is 28.5 Å². The zero-order valence-corrected chi connectivity index (χ0v) is 30.0. The van der Waals surface area contributed by atoms with Crippen LogP contribution in [0.4, 0.5) is 5.69 Å². The highest BCUT2D eigenvalue weighted by Crippen LogP contribution is 2.33. The van der Waals surface area contributed by atoms with E-state index in [0.717, 1.165) is 35.6 Å². The summed E-state index contributed by atoms with van der Waals surface area (Å²) in [6.07, 6.45) is 3.98. The number of amides is 2. The molecule has 4 aromatic carbocycles. The minimum absolute atomic E-state index is 0.00513. The smallest absolute Gasteiger partial charge is 0.264 e. The lowest BCUT2D eigenvalue weighted by Crippen LogP contribution is -2.54. The normalized spacial score (nSPS) is 13.7. The lowest BCUT2D eigenvalue weighted by atomic mass is 10.0. The third-order valence-corrected chi connectivity index (χ3v) is 10.8. The first-order valence-corrected chi connectivity index (χ1v) is 18.2. The van der Waals surface area contributed by atoms with Gasteiger partial charge in [0.1, 0.15) is 18.3 Å². The third kappa shape index (κ3) is 8.88. The van der Waals surface area contributed by atoms with Crippen molar-refractivity contribution >= 4 is 39.1 Å². The summed E-state index contributed by atoms with van der Waals surface area (Å²) >= 11 is 6.19. The molecule has 0 unspecified atom stereocenters. The van der Waals surface area contributed by atoms with Crippen LogP contribution in [0.5, 0.6) is 17.2 Å². The number of ether oxygens (including phenoxy) is 3. The van der Waals surface area contributed by atoms with Gasteiger partial charge in [0.2, 0.25) is 11.8 Å². The average molecular weight is 720 g/mol. The van der Waals surface area contributed by atoms with E-state index in [9.17, 15) is 18.0 Å². The van der Waals surface area contributed by atoms with E-state index in [0.29, 0.717) is 22.1 Å². The maximum atomic E-state index is 14.8. The number of nitrogens with one attached hydrogen (secondary N) is 1. The van der Waals surface area contributed by atoms with Crippen molar-refractivity contribution < 1.29 is 32.2 Å². The highest BCUT2D eigenvalue weighted by Gasteiger charge is 2.36. The van der Waals surface area contributed by atoms with Gasteiger partial charge < -0.3 is 24.4 Å². The molecule has 10 nitrogen and oxygen atoms in total. The topological polar surface area (TPSA) is 114 Å². The van der Waals surface area contributed by atoms with E-state index in [1.807, 2.05) is 42.5 Å². The monoisotopic (exact) mass is 719 g/mol. The van der Waals surface area contributed by atoms with Gasteiger partial charge >= 0.3 is 0 Å². The molecule has 1 aliphatic rings. The number of sulfonamides is 1. The molecule has 12 heteroatoms. The standard InChI is InChI=1S/C38H42ClN3O7S/c1-47-32-15-9-12-28(22-32)25-41(34(23-27-10-5-4-6-11-27)38(44)40-30-13-7-8-14-30)37(43)26-42(31-18-16-29(39)17-19-31)50(45,46)33-20-21-35(48-2)36(24-33)49-3/h4-6,9-12,15-22,24,30,34H,7-8,13-14,23,25-26H2,1-3H3,(H,40,44)/t34-/m0/s1. The van der Waals surface area contributed by atoms with E-state index in [1.165, 1.54) is 49.5 Å². The Balaban J connectivity index is 1.59. The van der Waals surface area contributed by atoms with Crippen LogP contribution in [0.2, 0.25) is 5.02 Å². The molecule has 1 fully saturated rings. The maximum Gasteiger partial charge on any atom is 0.264 e. The number of anilines is 1. The summed E-state index contributed by atoms with van der Waals surface area (Å²) in [7, 11) is 0.0465. The number of halogens is 1. The van der Waals surface area contributed by atoms with Crippen molar-refractivity contribution in [2.24, 2.45) is 0 Å². The molecule has 4 aromatic rings. The third-order valence-electron chi connectivity index (χ3n) is 8.80. The van der Waals surface area contributed by atoms with Crippen molar-refractivity contribution in [2.75, 3.05) is 32.2 Å². The van der Waals surface area contributed by atoms with Crippen molar-refractivity contribution in [3.63, 3.8) is 0 Å². The molecule has 1 N–H and O–H groups in total. The minimum Gasteiger partial charge on any atom is -0.497 e. The fraction of sp³-hybridized carbons (Fsp3) is 0.316. The summed E-state index contributed by atoms with van der Waals surface area (Å²) in [6, 6.07) is 26.2. The zero-order valence-electron chi connectivity index (χ0n) is 28.4. The van der Waals surface area contributed by atoms with E-state index >= 15 is 0 Å². The molecule has 5 rings (SSSR count). The molecule has 0 aromatic heterocycles. The highest BCUT2D eigenvalue weighted by molar-refractivity contribution is 7.92. The number of hydrogen-bond acceptors (Lipinski definition) is 7. The molecule has 264 valence electrons. The first-order chi connectivity index (χ1) is 24.1. The second-order valence-corrected chi connectivity index (χ2v) is 14.4. The van der Waals surface area contributed by atoms with E-state index in [1.54, 1.807) is 31.4 Å². The first-order valence-electron chi connectivity index (χ1n) is 16.4. The molecule has 0 saturated heterocycles. The summed E-state index contributed by atoms with van der Waals surface area (Å²) in [5, 5.41) is 3.58. The zero-order chi connectivity index (χ0) is 35.7. The Morgan fingerprint density at radius 1 is 0.820 bits per heavy atom. The molecular weight excluding hydrogens is 678 g/mol. The van der Waals surface area contributed by atoms with Gasteiger partial charge in [-0.1, -0.05) is 66.9 Å². The van der Waals surface area contributed by atoms with Crippen molar-refractivity contribution in [1.29, 1.82) is 0 Å². The average Bonchev–Trinajstić information content (AvgIpc) is 3.65. The van der Waals surface area contributed by atoms with E-state index in [-0.39, 0.29) is 41.2 Å². The first kappa shape index (κ1) is 36.5. The van der Waals surface area contributed by atoms with Gasteiger partial charge in [0.25, 0.3) is 10.0 Å². The number of carbonyl (C=O) groups is 2. The lowest BCUT2D eigenvalue weighted by Gasteiger charge is -2.34. The van der Waals surface area contributed by atoms with Gasteiger partial charge in [0, 0.05) is 30.1 Å². The maximum absolute atomic E-state index is 14.8. The van der Waals surface area contributed by atoms with Crippen LogP contribution in [0.1, 0.15) is 36.8 Å². The Labute approximate surface area is 299 Å². The predicted molar refractivity (Wildman–Crippen MR) is 193 cm³/mol. The fourth-order valence-electron chi connectivity index (χ4n) is 6.13. The van der Waals surface area contributed by atoms with Crippen LogP contribution in [0.25, 0.3) is 0 Å². The molecule has 0 bridgehead atoms. The fourth-order valence-corrected chi connectivity index (χ4v) is 7.69. The number of hydrogen-bond donors (Lipinski definition) is 1. The van der Waals surface area contributed by atoms with Crippen LogP contribution in [-0.4, -0.2) is 65.1 Å².